The van der Waals surface area contributed by atoms with Gasteiger partial charge in [-0.05, 0) is 44.8 Å². The van der Waals surface area contributed by atoms with Crippen LogP contribution < -0.4 is 14.8 Å². The minimum absolute atomic E-state index is 0.171. The molecule has 2 heterocycles. The van der Waals surface area contributed by atoms with Gasteiger partial charge < -0.3 is 10.1 Å². The first-order valence-corrected chi connectivity index (χ1v) is 12.3. The molecule has 2 fully saturated rings. The Balaban J connectivity index is 1.76. The maximum atomic E-state index is 12.9. The van der Waals surface area contributed by atoms with Crippen LogP contribution in [-0.2, 0) is 10.2 Å². The lowest BCUT2D eigenvalue weighted by Gasteiger charge is -2.26. The predicted molar refractivity (Wildman–Crippen MR) is 119 cm³/mol. The van der Waals surface area contributed by atoms with Gasteiger partial charge in [-0.25, -0.2) is 0 Å². The summed E-state index contributed by atoms with van der Waals surface area (Å²) in [6.07, 6.45) is 4.87. The van der Waals surface area contributed by atoms with Crippen molar-refractivity contribution in [1.29, 1.82) is 0 Å². The molecule has 0 bridgehead atoms. The quantitative estimate of drug-likeness (QED) is 0.625. The highest BCUT2D eigenvalue weighted by Crippen LogP contribution is 2.32. The van der Waals surface area contributed by atoms with Gasteiger partial charge in [0.05, 0.1) is 23.4 Å². The smallest absolute Gasteiger partial charge is 0.301 e. The maximum Gasteiger partial charge on any atom is 0.301 e. The second kappa shape index (κ2) is 10.2. The van der Waals surface area contributed by atoms with Crippen LogP contribution in [0.1, 0.15) is 49.4 Å². The molecule has 1 unspecified atom stereocenters. The van der Waals surface area contributed by atoms with Crippen LogP contribution in [0, 0.1) is 0 Å². The number of hydrogen-bond donors (Lipinski definition) is 2. The summed E-state index contributed by atoms with van der Waals surface area (Å²) in [4.78, 5) is 15.2. The Kier molecular flexibility index (Phi) is 7.84. The van der Waals surface area contributed by atoms with Gasteiger partial charge in [-0.1, -0.05) is 24.9 Å². The van der Waals surface area contributed by atoms with E-state index in [0.29, 0.717) is 31.4 Å². The highest BCUT2D eigenvalue weighted by atomic mass is 35.5. The molecular weight excluding hydrogens is 428 g/mol. The highest BCUT2D eigenvalue weighted by Gasteiger charge is 2.27. The Bertz CT molecular complexity index is 859. The summed E-state index contributed by atoms with van der Waals surface area (Å²) in [6.45, 7) is 5.60. The number of carbonyl (C=O) groups is 1. The van der Waals surface area contributed by atoms with Crippen molar-refractivity contribution in [1.82, 2.24) is 14.5 Å². The fraction of sp³-hybridized carbons (Fsp3) is 0.650. The molecule has 2 saturated heterocycles. The molecule has 8 nitrogen and oxygen atoms in total. The van der Waals surface area contributed by atoms with Crippen molar-refractivity contribution >= 4 is 33.4 Å². The number of rotatable bonds is 8. The Hall–Kier alpha value is -1.55. The summed E-state index contributed by atoms with van der Waals surface area (Å²) < 4.78 is 34.7. The largest absolute Gasteiger partial charge is 0.496 e. The van der Waals surface area contributed by atoms with Crippen LogP contribution in [0.5, 0.6) is 5.75 Å². The molecule has 0 aromatic heterocycles. The summed E-state index contributed by atoms with van der Waals surface area (Å²) in [6, 6.07) is 3.23. The summed E-state index contributed by atoms with van der Waals surface area (Å²) in [5.41, 5.74) is 0.420. The molecule has 2 N–H and O–H groups in total. The number of carbonyl (C=O) groups excluding carboxylic acids is 1. The summed E-state index contributed by atoms with van der Waals surface area (Å²) in [7, 11) is -2.28. The second-order valence-corrected chi connectivity index (χ2v) is 9.81. The number of methoxy groups -OCH3 is 1. The Morgan fingerprint density at radius 3 is 2.60 bits per heavy atom. The van der Waals surface area contributed by atoms with Crippen molar-refractivity contribution in [2.75, 3.05) is 44.6 Å². The van der Waals surface area contributed by atoms with Crippen LogP contribution in [0.3, 0.4) is 0 Å². The van der Waals surface area contributed by atoms with Gasteiger partial charge in [-0.2, -0.15) is 12.7 Å². The number of likely N-dealkylation sites (tertiary alicyclic amines) is 1. The molecule has 1 aromatic carbocycles. The third-order valence-electron chi connectivity index (χ3n) is 5.83. The number of amides is 1. The first-order valence-electron chi connectivity index (χ1n) is 10.5. The Morgan fingerprint density at radius 2 is 1.93 bits per heavy atom. The van der Waals surface area contributed by atoms with Gasteiger partial charge in [-0.3, -0.25) is 14.4 Å². The number of likely N-dealkylation sites (N-methyl/N-ethyl adjacent to an activating group) is 1. The molecule has 1 amide bonds. The summed E-state index contributed by atoms with van der Waals surface area (Å²) >= 11 is 6.28. The summed E-state index contributed by atoms with van der Waals surface area (Å²) in [5.74, 6) is -0.0120. The van der Waals surface area contributed by atoms with Crippen LogP contribution >= 0.6 is 11.6 Å². The van der Waals surface area contributed by atoms with Gasteiger partial charge in [0, 0.05) is 31.7 Å². The van der Waals surface area contributed by atoms with Crippen molar-refractivity contribution in [3.63, 3.8) is 0 Å². The van der Waals surface area contributed by atoms with Crippen LogP contribution in [0.4, 0.5) is 5.69 Å². The molecule has 0 aliphatic carbocycles. The van der Waals surface area contributed by atoms with E-state index >= 15 is 0 Å². The number of ether oxygens (including phenoxy) is 1. The zero-order valence-electron chi connectivity index (χ0n) is 17.6. The first-order chi connectivity index (χ1) is 14.4. The molecule has 0 spiro atoms. The van der Waals surface area contributed by atoms with Crippen LogP contribution in [0.25, 0.3) is 0 Å². The molecule has 30 heavy (non-hydrogen) atoms. The second-order valence-electron chi connectivity index (χ2n) is 7.73. The van der Waals surface area contributed by atoms with Gasteiger partial charge in [0.1, 0.15) is 5.75 Å². The van der Waals surface area contributed by atoms with Gasteiger partial charge in [0.25, 0.3) is 5.91 Å². The molecule has 168 valence electrons. The van der Waals surface area contributed by atoms with Gasteiger partial charge >= 0.3 is 10.2 Å². The minimum Gasteiger partial charge on any atom is -0.496 e. The van der Waals surface area contributed by atoms with Crippen molar-refractivity contribution in [2.45, 2.75) is 45.1 Å². The van der Waals surface area contributed by atoms with Crippen molar-refractivity contribution < 1.29 is 17.9 Å². The van der Waals surface area contributed by atoms with E-state index in [1.165, 1.54) is 23.5 Å². The maximum absolute atomic E-state index is 12.9. The van der Waals surface area contributed by atoms with Gasteiger partial charge in [0.15, 0.2) is 0 Å². The standard InChI is InChI=1S/C20H31ClN4O4S/c1-3-24-9-7-8-15(24)14-22-20(26)16-12-18(17(21)13-19(16)29-2)23-30(27,28)25-10-5-4-6-11-25/h12-13,15,23H,3-11,14H2,1-2H3,(H,22,26). The number of piperidine rings is 1. The molecule has 1 atom stereocenters. The van der Waals surface area contributed by atoms with Crippen LogP contribution in [-0.4, -0.2) is 69.4 Å². The number of nitrogens with zero attached hydrogens (tertiary/aromatic N) is 2. The Morgan fingerprint density at radius 1 is 1.20 bits per heavy atom. The number of hydrogen-bond acceptors (Lipinski definition) is 5. The molecule has 1 aromatic rings. The van der Waals surface area contributed by atoms with Crippen molar-refractivity contribution in [3.05, 3.63) is 22.7 Å². The predicted octanol–water partition coefficient (Wildman–Crippen LogP) is 2.71. The van der Waals surface area contributed by atoms with E-state index in [1.807, 2.05) is 0 Å². The number of nitrogens with one attached hydrogen (secondary N) is 2. The normalized spacial score (nSPS) is 20.8. The fourth-order valence-electron chi connectivity index (χ4n) is 4.14. The molecule has 2 aliphatic heterocycles. The van der Waals surface area contributed by atoms with Gasteiger partial charge in [0.2, 0.25) is 0 Å². The first kappa shape index (κ1) is 23.1. The number of anilines is 1. The third kappa shape index (κ3) is 5.38. The lowest BCUT2D eigenvalue weighted by molar-refractivity contribution is 0.0938. The van der Waals surface area contributed by atoms with E-state index in [9.17, 15) is 13.2 Å². The average molecular weight is 459 g/mol. The summed E-state index contributed by atoms with van der Waals surface area (Å²) in [5, 5.41) is 3.14. The monoisotopic (exact) mass is 458 g/mol. The van der Waals surface area contributed by atoms with E-state index in [-0.39, 0.29) is 22.2 Å². The van der Waals surface area contributed by atoms with E-state index in [2.05, 4.69) is 21.9 Å². The molecular formula is C20H31ClN4O4S. The minimum atomic E-state index is -3.74. The van der Waals surface area contributed by atoms with E-state index in [4.69, 9.17) is 16.3 Å². The molecule has 0 saturated carbocycles. The highest BCUT2D eigenvalue weighted by molar-refractivity contribution is 7.90. The van der Waals surface area contributed by atoms with Crippen LogP contribution in [0.2, 0.25) is 5.02 Å². The molecule has 2 aliphatic rings. The lowest BCUT2D eigenvalue weighted by Crippen LogP contribution is -2.40. The average Bonchev–Trinajstić information content (AvgIpc) is 3.21. The molecule has 10 heteroatoms. The molecule has 0 radical (unpaired) electrons. The zero-order valence-corrected chi connectivity index (χ0v) is 19.2. The van der Waals surface area contributed by atoms with E-state index in [0.717, 1.165) is 45.2 Å². The van der Waals surface area contributed by atoms with Crippen molar-refractivity contribution in [3.8, 4) is 5.75 Å². The third-order valence-corrected chi connectivity index (χ3v) is 7.67. The van der Waals surface area contributed by atoms with Gasteiger partial charge in [-0.15, -0.1) is 0 Å². The van der Waals surface area contributed by atoms with Crippen LogP contribution in [0.15, 0.2) is 12.1 Å². The zero-order chi connectivity index (χ0) is 21.7. The van der Waals surface area contributed by atoms with Crippen molar-refractivity contribution in [2.24, 2.45) is 0 Å². The van der Waals surface area contributed by atoms with E-state index < -0.39 is 10.2 Å². The lowest BCUT2D eigenvalue weighted by atomic mass is 10.1. The van der Waals surface area contributed by atoms with E-state index in [1.54, 1.807) is 0 Å². The Labute approximate surface area is 184 Å². The number of halogens is 1. The SMILES string of the molecule is CCN1CCCC1CNC(=O)c1cc(NS(=O)(=O)N2CCCCC2)c(Cl)cc1OC. The number of benzene rings is 1. The fourth-order valence-corrected chi connectivity index (χ4v) is 5.71. The topological polar surface area (TPSA) is 91.0 Å². The molecule has 3 rings (SSSR count).